The molecule has 0 aliphatic heterocycles. The molecular formula is C13H18ClNO2. The molecule has 0 amide bonds. The molecule has 1 aliphatic carbocycles. The number of benzene rings is 1. The van der Waals surface area contributed by atoms with Crippen LogP contribution < -0.4 is 15.2 Å². The van der Waals surface area contributed by atoms with E-state index in [1.165, 1.54) is 12.8 Å². The van der Waals surface area contributed by atoms with E-state index in [-0.39, 0.29) is 0 Å². The monoisotopic (exact) mass is 255 g/mol. The van der Waals surface area contributed by atoms with E-state index < -0.39 is 0 Å². The number of rotatable bonds is 6. The van der Waals surface area contributed by atoms with Crippen LogP contribution in [0.3, 0.4) is 0 Å². The van der Waals surface area contributed by atoms with E-state index in [2.05, 4.69) is 0 Å². The van der Waals surface area contributed by atoms with Gasteiger partial charge >= 0.3 is 0 Å². The highest BCUT2D eigenvalue weighted by Crippen LogP contribution is 2.36. The molecule has 3 nitrogen and oxygen atoms in total. The summed E-state index contributed by atoms with van der Waals surface area (Å²) in [5.41, 5.74) is 6.54. The Kier molecular flexibility index (Phi) is 4.13. The number of methoxy groups -OCH3 is 1. The lowest BCUT2D eigenvalue weighted by Gasteiger charge is -2.13. The minimum absolute atomic E-state index is 0.575. The fourth-order valence-corrected chi connectivity index (χ4v) is 1.94. The molecule has 2 rings (SSSR count). The first-order valence-corrected chi connectivity index (χ1v) is 6.31. The van der Waals surface area contributed by atoms with Crippen molar-refractivity contribution in [2.24, 2.45) is 11.7 Å². The van der Waals surface area contributed by atoms with Crippen LogP contribution in [-0.4, -0.2) is 20.3 Å². The van der Waals surface area contributed by atoms with Gasteiger partial charge in [0.2, 0.25) is 0 Å². The molecule has 0 bridgehead atoms. The van der Waals surface area contributed by atoms with Gasteiger partial charge < -0.3 is 15.2 Å². The normalized spacial score (nSPS) is 14.8. The summed E-state index contributed by atoms with van der Waals surface area (Å²) in [6.45, 7) is 1.33. The molecule has 0 unspecified atom stereocenters. The SMILES string of the molecule is COc1cc(CCN)c(Cl)cc1OCC1CC1. The molecule has 17 heavy (non-hydrogen) atoms. The molecule has 1 aromatic carbocycles. The largest absolute Gasteiger partial charge is 0.493 e. The molecule has 1 saturated carbocycles. The zero-order chi connectivity index (χ0) is 12.3. The molecular weight excluding hydrogens is 238 g/mol. The maximum absolute atomic E-state index is 6.18. The van der Waals surface area contributed by atoms with E-state index in [0.29, 0.717) is 17.5 Å². The number of hydrogen-bond donors (Lipinski definition) is 1. The average molecular weight is 256 g/mol. The maximum Gasteiger partial charge on any atom is 0.162 e. The second-order valence-corrected chi connectivity index (χ2v) is 4.79. The summed E-state index contributed by atoms with van der Waals surface area (Å²) in [5, 5.41) is 0.696. The van der Waals surface area contributed by atoms with Crippen molar-refractivity contribution in [3.63, 3.8) is 0 Å². The van der Waals surface area contributed by atoms with Crippen LogP contribution in [0, 0.1) is 5.92 Å². The summed E-state index contributed by atoms with van der Waals surface area (Å²) >= 11 is 6.18. The van der Waals surface area contributed by atoms with Crippen LogP contribution in [0.5, 0.6) is 11.5 Å². The average Bonchev–Trinajstić information content (AvgIpc) is 3.13. The lowest BCUT2D eigenvalue weighted by atomic mass is 10.1. The van der Waals surface area contributed by atoms with Crippen molar-refractivity contribution in [1.29, 1.82) is 0 Å². The van der Waals surface area contributed by atoms with Crippen LogP contribution in [-0.2, 0) is 6.42 Å². The van der Waals surface area contributed by atoms with Crippen LogP contribution in [0.25, 0.3) is 0 Å². The highest BCUT2D eigenvalue weighted by atomic mass is 35.5. The summed E-state index contributed by atoms with van der Waals surface area (Å²) in [7, 11) is 1.64. The quantitative estimate of drug-likeness (QED) is 0.850. The number of hydrogen-bond acceptors (Lipinski definition) is 3. The number of ether oxygens (including phenoxy) is 2. The van der Waals surface area contributed by atoms with Crippen molar-refractivity contribution in [2.45, 2.75) is 19.3 Å². The van der Waals surface area contributed by atoms with Crippen LogP contribution in [0.1, 0.15) is 18.4 Å². The topological polar surface area (TPSA) is 44.5 Å². The molecule has 2 N–H and O–H groups in total. The van der Waals surface area contributed by atoms with Crippen LogP contribution in [0.4, 0.5) is 0 Å². The van der Waals surface area contributed by atoms with Gasteiger partial charge in [-0.3, -0.25) is 0 Å². The lowest BCUT2D eigenvalue weighted by molar-refractivity contribution is 0.280. The van der Waals surface area contributed by atoms with Crippen molar-refractivity contribution >= 4 is 11.6 Å². The molecule has 0 atom stereocenters. The van der Waals surface area contributed by atoms with Crippen LogP contribution >= 0.6 is 11.6 Å². The van der Waals surface area contributed by atoms with Gasteiger partial charge in [0.25, 0.3) is 0 Å². The van der Waals surface area contributed by atoms with Gasteiger partial charge in [-0.15, -0.1) is 0 Å². The van der Waals surface area contributed by atoms with E-state index in [1.807, 2.05) is 12.1 Å². The van der Waals surface area contributed by atoms with Gasteiger partial charge in [-0.25, -0.2) is 0 Å². The molecule has 94 valence electrons. The van der Waals surface area contributed by atoms with Crippen molar-refractivity contribution in [3.8, 4) is 11.5 Å². The smallest absolute Gasteiger partial charge is 0.162 e. The van der Waals surface area contributed by atoms with Crippen molar-refractivity contribution in [1.82, 2.24) is 0 Å². The Balaban J connectivity index is 2.14. The number of halogens is 1. The molecule has 0 aromatic heterocycles. The van der Waals surface area contributed by atoms with Crippen molar-refractivity contribution < 1.29 is 9.47 Å². The minimum atomic E-state index is 0.575. The summed E-state index contributed by atoms with van der Waals surface area (Å²) in [5.74, 6) is 2.17. The molecule has 1 aromatic rings. The third-order valence-electron chi connectivity index (χ3n) is 2.92. The van der Waals surface area contributed by atoms with E-state index in [0.717, 1.165) is 30.1 Å². The van der Waals surface area contributed by atoms with Gasteiger partial charge in [-0.2, -0.15) is 0 Å². The highest BCUT2D eigenvalue weighted by molar-refractivity contribution is 6.31. The fraction of sp³-hybridized carbons (Fsp3) is 0.538. The Hall–Kier alpha value is -0.930. The van der Waals surface area contributed by atoms with Gasteiger partial charge in [0.05, 0.1) is 13.7 Å². The van der Waals surface area contributed by atoms with Gasteiger partial charge in [-0.1, -0.05) is 11.6 Å². The molecule has 4 heteroatoms. The second kappa shape index (κ2) is 5.61. The lowest BCUT2D eigenvalue weighted by Crippen LogP contribution is -2.05. The number of nitrogens with two attached hydrogens (primary N) is 1. The first kappa shape index (κ1) is 12.5. The Morgan fingerprint density at radius 3 is 2.71 bits per heavy atom. The van der Waals surface area contributed by atoms with E-state index >= 15 is 0 Å². The Morgan fingerprint density at radius 2 is 2.12 bits per heavy atom. The Labute approximate surface area is 107 Å². The maximum atomic E-state index is 6.18. The first-order chi connectivity index (χ1) is 8.24. The zero-order valence-electron chi connectivity index (χ0n) is 10.0. The summed E-state index contributed by atoms with van der Waals surface area (Å²) in [6, 6.07) is 3.74. The fourth-order valence-electron chi connectivity index (χ4n) is 1.69. The molecule has 0 saturated heterocycles. The van der Waals surface area contributed by atoms with E-state index in [9.17, 15) is 0 Å². The molecule has 1 fully saturated rings. The second-order valence-electron chi connectivity index (χ2n) is 4.39. The Bertz CT molecular complexity index is 391. The van der Waals surface area contributed by atoms with E-state index in [4.69, 9.17) is 26.8 Å². The van der Waals surface area contributed by atoms with Gasteiger partial charge in [0.1, 0.15) is 0 Å². The predicted molar refractivity (Wildman–Crippen MR) is 69.0 cm³/mol. The molecule has 1 aliphatic rings. The molecule has 0 radical (unpaired) electrons. The van der Waals surface area contributed by atoms with Gasteiger partial charge in [-0.05, 0) is 43.4 Å². The Morgan fingerprint density at radius 1 is 1.35 bits per heavy atom. The molecule has 0 heterocycles. The molecule has 0 spiro atoms. The highest BCUT2D eigenvalue weighted by Gasteiger charge is 2.22. The van der Waals surface area contributed by atoms with Crippen molar-refractivity contribution in [2.75, 3.05) is 20.3 Å². The van der Waals surface area contributed by atoms with Crippen LogP contribution in [0.2, 0.25) is 5.02 Å². The van der Waals surface area contributed by atoms with Crippen molar-refractivity contribution in [3.05, 3.63) is 22.7 Å². The predicted octanol–water partition coefficient (Wildman–Crippen LogP) is 2.64. The summed E-state index contributed by atoms with van der Waals surface area (Å²) < 4.78 is 11.0. The standard InChI is InChI=1S/C13H18ClNO2/c1-16-12-6-10(4-5-15)11(14)7-13(12)17-8-9-2-3-9/h6-7,9H,2-5,8,15H2,1H3. The van der Waals surface area contributed by atoms with E-state index in [1.54, 1.807) is 7.11 Å². The third kappa shape index (κ3) is 3.27. The third-order valence-corrected chi connectivity index (χ3v) is 3.27. The zero-order valence-corrected chi connectivity index (χ0v) is 10.8. The van der Waals surface area contributed by atoms with Gasteiger partial charge in [0, 0.05) is 11.1 Å². The van der Waals surface area contributed by atoms with Gasteiger partial charge in [0.15, 0.2) is 11.5 Å². The summed E-state index contributed by atoms with van der Waals surface area (Å²) in [4.78, 5) is 0. The summed E-state index contributed by atoms with van der Waals surface area (Å²) in [6.07, 6.45) is 3.28. The minimum Gasteiger partial charge on any atom is -0.493 e. The first-order valence-electron chi connectivity index (χ1n) is 5.94. The van der Waals surface area contributed by atoms with Crippen LogP contribution in [0.15, 0.2) is 12.1 Å².